The zero-order valence-electron chi connectivity index (χ0n) is 15.1. The van der Waals surface area contributed by atoms with E-state index in [0.717, 1.165) is 11.1 Å². The molecule has 4 N–H and O–H groups in total. The van der Waals surface area contributed by atoms with Crippen molar-refractivity contribution in [3.63, 3.8) is 0 Å². The molecule has 2 aromatic carbocycles. The zero-order valence-corrected chi connectivity index (χ0v) is 15.1. The summed E-state index contributed by atoms with van der Waals surface area (Å²) >= 11 is 0. The van der Waals surface area contributed by atoms with Crippen molar-refractivity contribution < 1.29 is 14.7 Å². The molecule has 2 amide bonds. The van der Waals surface area contributed by atoms with Crippen LogP contribution in [0.25, 0.3) is 0 Å². The molecule has 5 nitrogen and oxygen atoms in total. The van der Waals surface area contributed by atoms with Gasteiger partial charge in [-0.15, -0.1) is 0 Å². The van der Waals surface area contributed by atoms with Crippen LogP contribution in [0.3, 0.4) is 0 Å². The van der Waals surface area contributed by atoms with Crippen LogP contribution in [0.1, 0.15) is 37.3 Å². The maximum absolute atomic E-state index is 12.4. The molecule has 0 bridgehead atoms. The molecular formula is C21H26N2O3. The van der Waals surface area contributed by atoms with E-state index in [-0.39, 0.29) is 5.92 Å². The molecule has 2 aromatic rings. The van der Waals surface area contributed by atoms with E-state index in [1.165, 1.54) is 0 Å². The molecular weight excluding hydrogens is 328 g/mol. The second-order valence-electron chi connectivity index (χ2n) is 6.83. The number of aliphatic hydroxyl groups excluding tert-OH is 1. The number of carbonyl (C=O) groups excluding carboxylic acids is 2. The quantitative estimate of drug-likeness (QED) is 0.678. The third-order valence-corrected chi connectivity index (χ3v) is 4.25. The molecule has 0 aliphatic heterocycles. The van der Waals surface area contributed by atoms with Gasteiger partial charge in [-0.1, -0.05) is 74.5 Å². The first kappa shape index (κ1) is 19.7. The largest absolute Gasteiger partial charge is 0.383 e. The highest BCUT2D eigenvalue weighted by molar-refractivity contribution is 5.89. The van der Waals surface area contributed by atoms with Crippen LogP contribution in [-0.2, 0) is 9.59 Å². The van der Waals surface area contributed by atoms with Crippen molar-refractivity contribution >= 4 is 11.8 Å². The third kappa shape index (κ3) is 5.17. The van der Waals surface area contributed by atoms with Gasteiger partial charge in [0.05, 0.1) is 0 Å². The first-order valence-corrected chi connectivity index (χ1v) is 8.77. The van der Waals surface area contributed by atoms with Gasteiger partial charge in [0, 0.05) is 5.92 Å². The number of benzene rings is 2. The van der Waals surface area contributed by atoms with Gasteiger partial charge in [0.15, 0.2) is 0 Å². The molecule has 0 saturated heterocycles. The molecule has 0 aliphatic rings. The van der Waals surface area contributed by atoms with E-state index in [2.05, 4.69) is 5.32 Å². The fourth-order valence-electron chi connectivity index (χ4n) is 3.02. The Balaban J connectivity index is 2.36. The van der Waals surface area contributed by atoms with Crippen molar-refractivity contribution in [3.05, 3.63) is 71.8 Å². The lowest BCUT2D eigenvalue weighted by Crippen LogP contribution is -2.51. The molecule has 0 aliphatic carbocycles. The van der Waals surface area contributed by atoms with E-state index in [1.54, 1.807) is 0 Å². The molecule has 0 radical (unpaired) electrons. The molecule has 0 saturated carbocycles. The number of carbonyl (C=O) groups is 2. The summed E-state index contributed by atoms with van der Waals surface area (Å²) in [6.45, 7) is 3.83. The van der Waals surface area contributed by atoms with Gasteiger partial charge >= 0.3 is 0 Å². The summed E-state index contributed by atoms with van der Waals surface area (Å²) < 4.78 is 0. The second-order valence-corrected chi connectivity index (χ2v) is 6.83. The second kappa shape index (κ2) is 9.15. The Bertz CT molecular complexity index is 677. The predicted octanol–water partition coefficient (Wildman–Crippen LogP) is 2.20. The minimum Gasteiger partial charge on any atom is -0.383 e. The Hall–Kier alpha value is -2.66. The number of aliphatic hydroxyl groups is 1. The Labute approximate surface area is 154 Å². The minimum absolute atomic E-state index is 0.154. The van der Waals surface area contributed by atoms with Gasteiger partial charge in [-0.05, 0) is 23.5 Å². The molecule has 0 spiro atoms. The van der Waals surface area contributed by atoms with Gasteiger partial charge in [0.25, 0.3) is 0 Å². The summed E-state index contributed by atoms with van der Waals surface area (Å²) in [5.74, 6) is -1.51. The number of hydrogen-bond acceptors (Lipinski definition) is 3. The van der Waals surface area contributed by atoms with Gasteiger partial charge in [-0.2, -0.15) is 0 Å². The summed E-state index contributed by atoms with van der Waals surface area (Å²) in [6, 6.07) is 17.9. The maximum Gasteiger partial charge on any atom is 0.249 e. The lowest BCUT2D eigenvalue weighted by atomic mass is 9.84. The number of hydrogen-bond donors (Lipinski definition) is 3. The molecule has 0 unspecified atom stereocenters. The summed E-state index contributed by atoms with van der Waals surface area (Å²) in [6.07, 6.45) is -0.859. The molecule has 2 rings (SSSR count). The van der Waals surface area contributed by atoms with Crippen LogP contribution in [0, 0.1) is 5.92 Å². The third-order valence-electron chi connectivity index (χ3n) is 4.25. The van der Waals surface area contributed by atoms with Crippen LogP contribution in [-0.4, -0.2) is 29.1 Å². The van der Waals surface area contributed by atoms with Crippen LogP contribution >= 0.6 is 0 Å². The van der Waals surface area contributed by atoms with Gasteiger partial charge in [0.2, 0.25) is 11.8 Å². The van der Waals surface area contributed by atoms with Gasteiger partial charge in [0.1, 0.15) is 12.1 Å². The highest BCUT2D eigenvalue weighted by Crippen LogP contribution is 2.28. The van der Waals surface area contributed by atoms with Crippen molar-refractivity contribution in [2.24, 2.45) is 11.7 Å². The first-order valence-electron chi connectivity index (χ1n) is 8.77. The molecule has 2 atom stereocenters. The Morgan fingerprint density at radius 3 is 1.81 bits per heavy atom. The highest BCUT2D eigenvalue weighted by Gasteiger charge is 2.32. The number of nitrogens with two attached hydrogens (primary N) is 1. The first-order chi connectivity index (χ1) is 12.4. The molecule has 0 aromatic heterocycles. The van der Waals surface area contributed by atoms with E-state index in [1.807, 2.05) is 74.5 Å². The van der Waals surface area contributed by atoms with Crippen molar-refractivity contribution in [2.45, 2.75) is 38.3 Å². The topological polar surface area (TPSA) is 92.4 Å². The standard InChI is InChI=1S/C21H26N2O3/c1-14(2)13-17(24)21(26)23-19(20(22)25)18(15-9-5-3-6-10-15)16-11-7-4-8-12-16/h3-12,14,17-19,24H,13H2,1-2H3,(H2,22,25)(H,23,26)/t17-,19-/m0/s1. The number of rotatable bonds is 8. The predicted molar refractivity (Wildman–Crippen MR) is 101 cm³/mol. The van der Waals surface area contributed by atoms with Crippen LogP contribution in [0.4, 0.5) is 0 Å². The summed E-state index contributed by atoms with van der Waals surface area (Å²) in [5.41, 5.74) is 7.35. The summed E-state index contributed by atoms with van der Waals surface area (Å²) in [7, 11) is 0. The van der Waals surface area contributed by atoms with Crippen LogP contribution in [0.15, 0.2) is 60.7 Å². The average molecular weight is 354 g/mol. The lowest BCUT2D eigenvalue weighted by Gasteiger charge is -2.27. The van der Waals surface area contributed by atoms with E-state index in [9.17, 15) is 14.7 Å². The normalized spacial score (nSPS) is 13.4. The van der Waals surface area contributed by atoms with Crippen molar-refractivity contribution in [1.82, 2.24) is 5.32 Å². The van der Waals surface area contributed by atoms with Crippen molar-refractivity contribution in [3.8, 4) is 0 Å². The van der Waals surface area contributed by atoms with E-state index < -0.39 is 29.9 Å². The van der Waals surface area contributed by atoms with Gasteiger partial charge < -0.3 is 16.2 Å². The van der Waals surface area contributed by atoms with Crippen LogP contribution in [0.5, 0.6) is 0 Å². The Kier molecular flexibility index (Phi) is 6.92. The zero-order chi connectivity index (χ0) is 19.1. The van der Waals surface area contributed by atoms with Gasteiger partial charge in [-0.25, -0.2) is 0 Å². The van der Waals surface area contributed by atoms with E-state index in [4.69, 9.17) is 5.73 Å². The smallest absolute Gasteiger partial charge is 0.249 e. The average Bonchev–Trinajstić information content (AvgIpc) is 2.62. The number of nitrogens with one attached hydrogen (secondary N) is 1. The number of primary amides is 1. The Morgan fingerprint density at radius 1 is 0.962 bits per heavy atom. The highest BCUT2D eigenvalue weighted by atomic mass is 16.3. The van der Waals surface area contributed by atoms with Crippen LogP contribution < -0.4 is 11.1 Å². The van der Waals surface area contributed by atoms with Crippen molar-refractivity contribution in [1.29, 1.82) is 0 Å². The fraction of sp³-hybridized carbons (Fsp3) is 0.333. The molecule has 0 heterocycles. The van der Waals surface area contributed by atoms with E-state index >= 15 is 0 Å². The molecule has 138 valence electrons. The maximum atomic E-state index is 12.4. The van der Waals surface area contributed by atoms with Gasteiger partial charge in [-0.3, -0.25) is 9.59 Å². The Morgan fingerprint density at radius 2 is 1.42 bits per heavy atom. The van der Waals surface area contributed by atoms with E-state index in [0.29, 0.717) is 6.42 Å². The number of amides is 2. The summed E-state index contributed by atoms with van der Waals surface area (Å²) in [5, 5.41) is 12.7. The monoisotopic (exact) mass is 354 g/mol. The van der Waals surface area contributed by atoms with Crippen molar-refractivity contribution in [2.75, 3.05) is 0 Å². The molecule has 0 fully saturated rings. The van der Waals surface area contributed by atoms with Crippen LogP contribution in [0.2, 0.25) is 0 Å². The minimum atomic E-state index is -1.18. The molecule has 5 heteroatoms. The SMILES string of the molecule is CC(C)C[C@H](O)C(=O)N[C@H](C(N)=O)C(c1ccccc1)c1ccccc1. The lowest BCUT2D eigenvalue weighted by molar-refractivity contribution is -0.134. The molecule has 26 heavy (non-hydrogen) atoms. The summed E-state index contributed by atoms with van der Waals surface area (Å²) in [4.78, 5) is 24.6. The fourth-order valence-corrected chi connectivity index (χ4v) is 3.02.